The summed E-state index contributed by atoms with van der Waals surface area (Å²) in [4.78, 5) is 23.5. The summed E-state index contributed by atoms with van der Waals surface area (Å²) in [6.07, 6.45) is 4.97. The SMILES string of the molecule is C=C(/C=N\N(C)C)c1cc2c(cc1OC)ncc1c2n(C2N=CC(F)=CN2C)c(=O)n1C. The van der Waals surface area contributed by atoms with Gasteiger partial charge in [0.15, 0.2) is 5.83 Å². The molecule has 0 N–H and O–H groups in total. The molecule has 1 aliphatic heterocycles. The number of fused-ring (bicyclic) bond motifs is 3. The van der Waals surface area contributed by atoms with Gasteiger partial charge >= 0.3 is 5.69 Å². The van der Waals surface area contributed by atoms with Crippen LogP contribution in [-0.2, 0) is 7.05 Å². The molecule has 3 heterocycles. The Bertz CT molecular complexity index is 1380. The van der Waals surface area contributed by atoms with Crippen molar-refractivity contribution in [3.63, 3.8) is 0 Å². The molecule has 10 heteroatoms. The largest absolute Gasteiger partial charge is 0.496 e. The number of hydrazone groups is 1. The molecule has 3 aromatic rings. The highest BCUT2D eigenvalue weighted by molar-refractivity contribution is 6.13. The minimum atomic E-state index is -0.736. The fourth-order valence-corrected chi connectivity index (χ4v) is 3.73. The molecule has 1 unspecified atom stereocenters. The summed E-state index contributed by atoms with van der Waals surface area (Å²) in [7, 11) is 8.55. The van der Waals surface area contributed by atoms with Crippen molar-refractivity contribution in [1.29, 1.82) is 0 Å². The molecule has 0 spiro atoms. The lowest BCUT2D eigenvalue weighted by molar-refractivity contribution is 0.247. The van der Waals surface area contributed by atoms with Gasteiger partial charge in [-0.25, -0.2) is 14.2 Å². The van der Waals surface area contributed by atoms with E-state index in [-0.39, 0.29) is 5.69 Å². The smallest absolute Gasteiger partial charge is 0.332 e. The highest BCUT2D eigenvalue weighted by Crippen LogP contribution is 2.34. The standard InChI is InChI=1S/C22H24FN7O2/c1-13(9-26-27(2)3)15-7-16-17(8-19(15)32-6)24-11-18-20(16)30(22(31)29(18)5)21-25-10-14(23)12-28(21)4/h7-12,21H,1H2,2-6H3/b26-9-. The number of aromatic nitrogens is 3. The van der Waals surface area contributed by atoms with Crippen LogP contribution < -0.4 is 10.4 Å². The molecular formula is C22H24FN7O2. The Kier molecular flexibility index (Phi) is 5.29. The molecule has 166 valence electrons. The second kappa shape index (κ2) is 7.95. The van der Waals surface area contributed by atoms with Crippen molar-refractivity contribution in [2.75, 3.05) is 28.3 Å². The lowest BCUT2D eigenvalue weighted by atomic mass is 10.0. The maximum atomic E-state index is 13.7. The van der Waals surface area contributed by atoms with Crippen molar-refractivity contribution in [3.05, 3.63) is 53.0 Å². The molecule has 0 radical (unpaired) electrons. The Balaban J connectivity index is 2.03. The average Bonchev–Trinajstić information content (AvgIpc) is 3.01. The van der Waals surface area contributed by atoms with E-state index in [0.717, 1.165) is 6.21 Å². The predicted molar refractivity (Wildman–Crippen MR) is 125 cm³/mol. The molecule has 1 aromatic carbocycles. The van der Waals surface area contributed by atoms with E-state index in [9.17, 15) is 9.18 Å². The van der Waals surface area contributed by atoms with Gasteiger partial charge in [-0.3, -0.25) is 14.1 Å². The van der Waals surface area contributed by atoms with Gasteiger partial charge in [0.25, 0.3) is 0 Å². The fourth-order valence-electron chi connectivity index (χ4n) is 3.73. The highest BCUT2D eigenvalue weighted by atomic mass is 19.1. The zero-order valence-corrected chi connectivity index (χ0v) is 18.6. The number of ether oxygens (including phenoxy) is 1. The van der Waals surface area contributed by atoms with Gasteiger partial charge < -0.3 is 14.6 Å². The molecule has 0 saturated carbocycles. The van der Waals surface area contributed by atoms with Crippen LogP contribution in [0.3, 0.4) is 0 Å². The maximum absolute atomic E-state index is 13.7. The predicted octanol–water partition coefficient (Wildman–Crippen LogP) is 2.74. The first-order valence-corrected chi connectivity index (χ1v) is 9.83. The highest BCUT2D eigenvalue weighted by Gasteiger charge is 2.25. The number of hydrogen-bond acceptors (Lipinski definition) is 7. The number of halogens is 1. The molecule has 32 heavy (non-hydrogen) atoms. The van der Waals surface area contributed by atoms with Crippen LogP contribution in [0.4, 0.5) is 4.39 Å². The van der Waals surface area contributed by atoms with E-state index in [2.05, 4.69) is 21.7 Å². The number of imidazole rings is 1. The van der Waals surface area contributed by atoms with Crippen molar-refractivity contribution in [3.8, 4) is 5.75 Å². The van der Waals surface area contributed by atoms with Gasteiger partial charge in [-0.1, -0.05) is 6.58 Å². The van der Waals surface area contributed by atoms with Crippen LogP contribution in [0.2, 0.25) is 0 Å². The van der Waals surface area contributed by atoms with E-state index >= 15 is 0 Å². The Hall–Kier alpha value is -3.95. The molecule has 1 atom stereocenters. The molecule has 0 saturated heterocycles. The minimum Gasteiger partial charge on any atom is -0.496 e. The average molecular weight is 437 g/mol. The molecule has 9 nitrogen and oxygen atoms in total. The molecule has 0 amide bonds. The Labute approximate surface area is 184 Å². The minimum absolute atomic E-state index is 0.288. The van der Waals surface area contributed by atoms with Gasteiger partial charge in [-0.15, -0.1) is 0 Å². The number of allylic oxidation sites excluding steroid dienone is 2. The van der Waals surface area contributed by atoms with Crippen LogP contribution in [-0.4, -0.2) is 64.7 Å². The summed E-state index contributed by atoms with van der Waals surface area (Å²) in [6, 6.07) is 3.68. The molecule has 0 aliphatic carbocycles. The molecule has 0 fully saturated rings. The zero-order valence-electron chi connectivity index (χ0n) is 18.6. The summed E-state index contributed by atoms with van der Waals surface area (Å²) >= 11 is 0. The lowest BCUT2D eigenvalue weighted by Gasteiger charge is -2.26. The number of pyridine rings is 1. The summed E-state index contributed by atoms with van der Waals surface area (Å²) in [5.41, 5.74) is 2.97. The Morgan fingerprint density at radius 2 is 2.09 bits per heavy atom. The monoisotopic (exact) mass is 437 g/mol. The van der Waals surface area contributed by atoms with E-state index in [1.165, 1.54) is 15.3 Å². The van der Waals surface area contributed by atoms with Crippen LogP contribution in [0.1, 0.15) is 11.9 Å². The topological polar surface area (TPSA) is 80.2 Å². The summed E-state index contributed by atoms with van der Waals surface area (Å²) < 4.78 is 22.3. The first-order chi connectivity index (χ1) is 15.2. The number of rotatable bonds is 5. The second-order valence-electron chi connectivity index (χ2n) is 7.69. The number of aliphatic imine (C=N–C) groups is 1. The maximum Gasteiger partial charge on any atom is 0.332 e. The van der Waals surface area contributed by atoms with Crippen LogP contribution >= 0.6 is 0 Å². The number of nitrogens with zero attached hydrogens (tertiary/aromatic N) is 7. The van der Waals surface area contributed by atoms with Gasteiger partial charge in [-0.05, 0) is 11.6 Å². The third-order valence-electron chi connectivity index (χ3n) is 5.28. The van der Waals surface area contributed by atoms with Crippen molar-refractivity contribution in [2.45, 2.75) is 6.29 Å². The number of benzene rings is 1. The van der Waals surface area contributed by atoms with Crippen LogP contribution in [0.15, 0.2) is 51.8 Å². The van der Waals surface area contributed by atoms with Crippen molar-refractivity contribution < 1.29 is 9.13 Å². The first kappa shape index (κ1) is 21.3. The molecule has 2 aromatic heterocycles. The Morgan fingerprint density at radius 1 is 1.34 bits per heavy atom. The lowest BCUT2D eigenvalue weighted by Crippen LogP contribution is -2.34. The Morgan fingerprint density at radius 3 is 2.75 bits per heavy atom. The van der Waals surface area contributed by atoms with E-state index in [0.29, 0.717) is 38.8 Å². The zero-order chi connectivity index (χ0) is 23.2. The van der Waals surface area contributed by atoms with E-state index in [1.54, 1.807) is 49.6 Å². The molecule has 1 aliphatic rings. The summed E-state index contributed by atoms with van der Waals surface area (Å²) in [6.45, 7) is 4.12. The summed E-state index contributed by atoms with van der Waals surface area (Å²) in [5, 5.41) is 6.64. The third kappa shape index (κ3) is 3.43. The fraction of sp³-hybridized carbons (Fsp3) is 0.273. The molecular weight excluding hydrogens is 413 g/mol. The van der Waals surface area contributed by atoms with Crippen LogP contribution in [0, 0.1) is 0 Å². The van der Waals surface area contributed by atoms with Gasteiger partial charge in [-0.2, -0.15) is 5.10 Å². The van der Waals surface area contributed by atoms with E-state index < -0.39 is 12.1 Å². The van der Waals surface area contributed by atoms with Crippen molar-refractivity contribution in [1.82, 2.24) is 24.0 Å². The van der Waals surface area contributed by atoms with Gasteiger partial charge in [0.1, 0.15) is 5.75 Å². The number of methoxy groups -OCH3 is 1. The number of hydrogen-bond donors (Lipinski definition) is 0. The van der Waals surface area contributed by atoms with Gasteiger partial charge in [0.2, 0.25) is 6.29 Å². The quantitative estimate of drug-likeness (QED) is 0.453. The van der Waals surface area contributed by atoms with Crippen LogP contribution in [0.25, 0.3) is 27.5 Å². The normalized spacial score (nSPS) is 16.2. The number of aryl methyl sites for hydroxylation is 1. The van der Waals surface area contributed by atoms with Crippen molar-refractivity contribution >= 4 is 39.9 Å². The second-order valence-corrected chi connectivity index (χ2v) is 7.69. The first-order valence-electron chi connectivity index (χ1n) is 9.83. The third-order valence-corrected chi connectivity index (χ3v) is 5.28. The van der Waals surface area contributed by atoms with Crippen molar-refractivity contribution in [2.24, 2.45) is 17.1 Å². The summed E-state index contributed by atoms with van der Waals surface area (Å²) in [5.74, 6) is 0.106. The van der Waals surface area contributed by atoms with E-state index in [4.69, 9.17) is 4.74 Å². The molecule has 0 bridgehead atoms. The van der Waals surface area contributed by atoms with Gasteiger partial charge in [0.05, 0.1) is 42.3 Å². The van der Waals surface area contributed by atoms with Crippen LogP contribution in [0.5, 0.6) is 5.75 Å². The van der Waals surface area contributed by atoms with Gasteiger partial charge in [0, 0.05) is 51.4 Å². The molecule has 4 rings (SSSR count). The van der Waals surface area contributed by atoms with E-state index in [1.807, 2.05) is 20.2 Å².